The van der Waals surface area contributed by atoms with E-state index in [1.807, 2.05) is 61.5 Å². The predicted molar refractivity (Wildman–Crippen MR) is 100 cm³/mol. The van der Waals surface area contributed by atoms with Crippen molar-refractivity contribution in [2.75, 3.05) is 10.7 Å². The molecule has 1 aliphatic rings. The highest BCUT2D eigenvalue weighted by Crippen LogP contribution is 2.26. The zero-order valence-electron chi connectivity index (χ0n) is 12.4. The lowest BCUT2D eigenvalue weighted by atomic mass is 10.1. The highest BCUT2D eigenvalue weighted by Gasteiger charge is 2.29. The van der Waals surface area contributed by atoms with Crippen LogP contribution in [0.1, 0.15) is 12.5 Å². The molecule has 6 heteroatoms. The van der Waals surface area contributed by atoms with Gasteiger partial charge in [0.1, 0.15) is 0 Å². The molecular weight excluding hydrogens is 374 g/mol. The highest BCUT2D eigenvalue weighted by molar-refractivity contribution is 9.10. The molecule has 1 fully saturated rings. The molecule has 2 aromatic carbocycles. The van der Waals surface area contributed by atoms with E-state index >= 15 is 0 Å². The Bertz CT molecular complexity index is 772. The van der Waals surface area contributed by atoms with E-state index in [0.717, 1.165) is 21.4 Å². The molecule has 1 heterocycles. The molecule has 0 unspecified atom stereocenters. The molecule has 0 spiro atoms. The Labute approximate surface area is 147 Å². The van der Waals surface area contributed by atoms with Gasteiger partial charge in [-0.05, 0) is 36.8 Å². The Balaban J connectivity index is 1.87. The Morgan fingerprint density at radius 3 is 2.52 bits per heavy atom. The number of rotatable bonds is 3. The number of anilines is 1. The number of amidine groups is 1. The molecule has 1 aliphatic heterocycles. The third kappa shape index (κ3) is 3.71. The van der Waals surface area contributed by atoms with Crippen molar-refractivity contribution in [1.82, 2.24) is 0 Å². The zero-order chi connectivity index (χ0) is 16.2. The van der Waals surface area contributed by atoms with E-state index in [9.17, 15) is 4.79 Å². The van der Waals surface area contributed by atoms with Crippen LogP contribution in [0.2, 0.25) is 0 Å². The molecule has 0 N–H and O–H groups in total. The maximum absolute atomic E-state index is 12.1. The van der Waals surface area contributed by atoms with Gasteiger partial charge in [-0.3, -0.25) is 9.69 Å². The van der Waals surface area contributed by atoms with E-state index in [1.54, 1.807) is 4.90 Å². The largest absolute Gasteiger partial charge is 0.273 e. The summed E-state index contributed by atoms with van der Waals surface area (Å²) in [5, 5.41) is 9.19. The molecule has 0 aliphatic carbocycles. The van der Waals surface area contributed by atoms with Crippen molar-refractivity contribution in [2.45, 2.75) is 6.92 Å². The van der Waals surface area contributed by atoms with Gasteiger partial charge < -0.3 is 0 Å². The van der Waals surface area contributed by atoms with E-state index in [-0.39, 0.29) is 5.91 Å². The van der Waals surface area contributed by atoms with E-state index in [1.165, 1.54) is 11.8 Å². The summed E-state index contributed by atoms with van der Waals surface area (Å²) in [4.78, 5) is 13.7. The quantitative estimate of drug-likeness (QED) is 0.581. The van der Waals surface area contributed by atoms with Crippen molar-refractivity contribution < 1.29 is 4.79 Å². The molecule has 3 rings (SSSR count). The van der Waals surface area contributed by atoms with Crippen molar-refractivity contribution in [3.05, 3.63) is 64.6 Å². The maximum atomic E-state index is 12.1. The average molecular weight is 388 g/mol. The van der Waals surface area contributed by atoms with Crippen molar-refractivity contribution in [3.8, 4) is 0 Å². The molecule has 23 heavy (non-hydrogen) atoms. The second-order valence-corrected chi connectivity index (χ2v) is 6.79. The number of carbonyl (C=O) groups excluding carboxylic acids is 1. The molecule has 2 aromatic rings. The van der Waals surface area contributed by atoms with Crippen LogP contribution in [-0.2, 0) is 4.79 Å². The molecule has 0 aromatic heterocycles. The van der Waals surface area contributed by atoms with Crippen LogP contribution in [-0.4, -0.2) is 22.5 Å². The standard InChI is InChI=1S/C17H14BrN3OS/c1-12(13-7-9-14(18)10-8-13)19-20-17-21(16(22)11-23-17)15-5-3-2-4-6-15/h2-10H,11H2,1H3/b19-12-,20-17-. The van der Waals surface area contributed by atoms with Gasteiger partial charge in [-0.2, -0.15) is 5.10 Å². The van der Waals surface area contributed by atoms with E-state index in [0.29, 0.717) is 10.9 Å². The molecular formula is C17H14BrN3OS. The molecule has 116 valence electrons. The summed E-state index contributed by atoms with van der Waals surface area (Å²) >= 11 is 4.82. The first kappa shape index (κ1) is 16.0. The first-order valence-corrected chi connectivity index (χ1v) is 8.82. The van der Waals surface area contributed by atoms with Crippen LogP contribution >= 0.6 is 27.7 Å². The number of para-hydroxylation sites is 1. The topological polar surface area (TPSA) is 45.0 Å². The zero-order valence-corrected chi connectivity index (χ0v) is 14.8. The van der Waals surface area contributed by atoms with Crippen LogP contribution in [0, 0.1) is 0 Å². The number of nitrogens with zero attached hydrogens (tertiary/aromatic N) is 3. The lowest BCUT2D eigenvalue weighted by Crippen LogP contribution is -2.28. The van der Waals surface area contributed by atoms with Crippen LogP contribution in [0.3, 0.4) is 0 Å². The summed E-state index contributed by atoms with van der Waals surface area (Å²) in [6.45, 7) is 1.90. The highest BCUT2D eigenvalue weighted by atomic mass is 79.9. The predicted octanol–water partition coefficient (Wildman–Crippen LogP) is 4.31. The Morgan fingerprint density at radius 2 is 1.83 bits per heavy atom. The minimum absolute atomic E-state index is 0.0245. The lowest BCUT2D eigenvalue weighted by molar-refractivity contribution is -0.115. The van der Waals surface area contributed by atoms with Crippen LogP contribution in [0.15, 0.2) is 69.3 Å². The number of hydrogen-bond acceptors (Lipinski definition) is 4. The van der Waals surface area contributed by atoms with Crippen LogP contribution in [0.4, 0.5) is 5.69 Å². The van der Waals surface area contributed by atoms with Gasteiger partial charge in [0.2, 0.25) is 5.91 Å². The molecule has 4 nitrogen and oxygen atoms in total. The normalized spacial score (nSPS) is 17.1. The van der Waals surface area contributed by atoms with Gasteiger partial charge in [0, 0.05) is 4.47 Å². The Morgan fingerprint density at radius 1 is 1.13 bits per heavy atom. The third-order valence-corrected chi connectivity index (χ3v) is 4.77. The van der Waals surface area contributed by atoms with Gasteiger partial charge in [0.15, 0.2) is 5.17 Å². The number of hydrogen-bond donors (Lipinski definition) is 0. The summed E-state index contributed by atoms with van der Waals surface area (Å²) in [6, 6.07) is 17.4. The van der Waals surface area contributed by atoms with Crippen molar-refractivity contribution >= 4 is 50.2 Å². The third-order valence-electron chi connectivity index (χ3n) is 3.33. The molecule has 0 bridgehead atoms. The molecule has 0 radical (unpaired) electrons. The average Bonchev–Trinajstić information content (AvgIpc) is 2.95. The maximum Gasteiger partial charge on any atom is 0.243 e. The smallest absolute Gasteiger partial charge is 0.243 e. The number of halogens is 1. The van der Waals surface area contributed by atoms with Gasteiger partial charge >= 0.3 is 0 Å². The van der Waals surface area contributed by atoms with Crippen molar-refractivity contribution in [1.29, 1.82) is 0 Å². The molecule has 0 saturated carbocycles. The number of amides is 1. The first-order valence-electron chi connectivity index (χ1n) is 7.04. The monoisotopic (exact) mass is 387 g/mol. The summed E-state index contributed by atoms with van der Waals surface area (Å²) in [6.07, 6.45) is 0. The SMILES string of the molecule is C/C(=N/N=C1\SCC(=O)N1c1ccccc1)c1ccc(Br)cc1. The van der Waals surface area contributed by atoms with E-state index in [4.69, 9.17) is 0 Å². The molecule has 1 amide bonds. The number of benzene rings is 2. The van der Waals surface area contributed by atoms with Crippen molar-refractivity contribution in [2.24, 2.45) is 10.2 Å². The summed E-state index contributed by atoms with van der Waals surface area (Å²) in [7, 11) is 0. The lowest BCUT2D eigenvalue weighted by Gasteiger charge is -2.14. The summed E-state index contributed by atoms with van der Waals surface area (Å²) < 4.78 is 1.02. The van der Waals surface area contributed by atoms with E-state index in [2.05, 4.69) is 26.1 Å². The fraction of sp³-hybridized carbons (Fsp3) is 0.118. The van der Waals surface area contributed by atoms with E-state index < -0.39 is 0 Å². The number of thioether (sulfide) groups is 1. The first-order chi connectivity index (χ1) is 11.1. The van der Waals surface area contributed by atoms with Crippen LogP contribution in [0.25, 0.3) is 0 Å². The minimum Gasteiger partial charge on any atom is -0.273 e. The second-order valence-electron chi connectivity index (χ2n) is 4.93. The fourth-order valence-corrected chi connectivity index (χ4v) is 3.21. The van der Waals surface area contributed by atoms with Gasteiger partial charge in [-0.1, -0.05) is 58.0 Å². The van der Waals surface area contributed by atoms with Gasteiger partial charge in [-0.15, -0.1) is 5.10 Å². The summed E-state index contributed by atoms with van der Waals surface area (Å²) in [5.74, 6) is 0.414. The molecule has 1 saturated heterocycles. The fourth-order valence-electron chi connectivity index (χ4n) is 2.13. The van der Waals surface area contributed by atoms with Gasteiger partial charge in [0.05, 0.1) is 17.2 Å². The molecule has 0 atom stereocenters. The van der Waals surface area contributed by atoms with Gasteiger partial charge in [0.25, 0.3) is 0 Å². The van der Waals surface area contributed by atoms with Crippen LogP contribution in [0.5, 0.6) is 0 Å². The number of carbonyl (C=O) groups is 1. The van der Waals surface area contributed by atoms with Crippen LogP contribution < -0.4 is 4.90 Å². The Kier molecular flexibility index (Phi) is 4.93. The summed E-state index contributed by atoms with van der Waals surface area (Å²) in [5.41, 5.74) is 2.62. The van der Waals surface area contributed by atoms with Gasteiger partial charge in [-0.25, -0.2) is 0 Å². The minimum atomic E-state index is 0.0245. The Hall–Kier alpha value is -1.92. The second kappa shape index (κ2) is 7.10. The van der Waals surface area contributed by atoms with Crippen molar-refractivity contribution in [3.63, 3.8) is 0 Å².